The first-order valence-electron chi connectivity index (χ1n) is 7.63. The fraction of sp³-hybridized carbons (Fsp3) is 0.158. The molecule has 3 aromatic rings. The van der Waals surface area contributed by atoms with Gasteiger partial charge in [0.05, 0.1) is 5.69 Å². The molecule has 4 heteroatoms. The highest BCUT2D eigenvalue weighted by Gasteiger charge is 2.15. The molecule has 3 rings (SSSR count). The summed E-state index contributed by atoms with van der Waals surface area (Å²) >= 11 is 0. The van der Waals surface area contributed by atoms with E-state index in [4.69, 9.17) is 0 Å². The van der Waals surface area contributed by atoms with Crippen molar-refractivity contribution in [2.24, 2.45) is 0 Å². The lowest BCUT2D eigenvalue weighted by molar-refractivity contribution is -0.111. The van der Waals surface area contributed by atoms with Crippen LogP contribution in [0, 0.1) is 6.92 Å². The van der Waals surface area contributed by atoms with Crippen LogP contribution in [0.1, 0.15) is 17.0 Å². The summed E-state index contributed by atoms with van der Waals surface area (Å²) in [5.74, 6) is 0.509. The first-order valence-corrected chi connectivity index (χ1v) is 7.63. The lowest BCUT2D eigenvalue weighted by Crippen LogP contribution is -2.12. The fourth-order valence-electron chi connectivity index (χ4n) is 2.68. The maximum Gasteiger partial charge on any atom is 0.248 e. The molecule has 2 heterocycles. The smallest absolute Gasteiger partial charge is 0.248 e. The Balaban J connectivity index is 1.97. The number of aryl methyl sites for hydroxylation is 3. The second-order valence-corrected chi connectivity index (χ2v) is 5.45. The molecular formula is C19H19N3O. The van der Waals surface area contributed by atoms with E-state index in [1.54, 1.807) is 0 Å². The number of nitrogens with one attached hydrogen (secondary N) is 1. The molecular weight excluding hydrogens is 286 g/mol. The number of benzene rings is 1. The molecule has 1 aromatic carbocycles. The standard InChI is InChI=1S/C19H19N3O/c1-3-18(23)21-19-16(13-12-15-9-5-4-6-10-15)20-17-11-7-8-14(2)22(17)19/h3-11H,1,12-13H2,2H3,(H,21,23). The molecule has 2 aromatic heterocycles. The normalized spacial score (nSPS) is 10.7. The molecule has 0 atom stereocenters. The van der Waals surface area contributed by atoms with Crippen LogP contribution in [0.2, 0.25) is 0 Å². The Morgan fingerprint density at radius 3 is 2.70 bits per heavy atom. The van der Waals surface area contributed by atoms with Gasteiger partial charge in [-0.25, -0.2) is 4.98 Å². The number of rotatable bonds is 5. The van der Waals surface area contributed by atoms with Crippen LogP contribution in [-0.4, -0.2) is 15.3 Å². The molecule has 4 nitrogen and oxygen atoms in total. The molecule has 0 unspecified atom stereocenters. The number of carbonyl (C=O) groups excluding carboxylic acids is 1. The van der Waals surface area contributed by atoms with E-state index in [-0.39, 0.29) is 5.91 Å². The van der Waals surface area contributed by atoms with Gasteiger partial charge in [-0.3, -0.25) is 9.20 Å². The van der Waals surface area contributed by atoms with Crippen molar-refractivity contribution in [3.8, 4) is 0 Å². The summed E-state index contributed by atoms with van der Waals surface area (Å²) in [4.78, 5) is 16.5. The zero-order chi connectivity index (χ0) is 16.2. The van der Waals surface area contributed by atoms with Gasteiger partial charge in [0, 0.05) is 5.69 Å². The molecule has 116 valence electrons. The van der Waals surface area contributed by atoms with Crippen LogP contribution in [0.15, 0.2) is 61.2 Å². The Labute approximate surface area is 135 Å². The predicted molar refractivity (Wildman–Crippen MR) is 92.6 cm³/mol. The maximum absolute atomic E-state index is 11.8. The topological polar surface area (TPSA) is 46.4 Å². The SMILES string of the molecule is C=CC(=O)Nc1c(CCc2ccccc2)nc2cccc(C)n12. The average molecular weight is 305 g/mol. The quantitative estimate of drug-likeness (QED) is 0.733. The number of amides is 1. The monoisotopic (exact) mass is 305 g/mol. The van der Waals surface area contributed by atoms with E-state index in [0.717, 1.165) is 35.7 Å². The van der Waals surface area contributed by atoms with Gasteiger partial charge in [-0.2, -0.15) is 0 Å². The van der Waals surface area contributed by atoms with Gasteiger partial charge in [-0.1, -0.05) is 43.0 Å². The van der Waals surface area contributed by atoms with Gasteiger partial charge < -0.3 is 5.32 Å². The summed E-state index contributed by atoms with van der Waals surface area (Å²) < 4.78 is 1.97. The van der Waals surface area contributed by atoms with Crippen LogP contribution in [0.4, 0.5) is 5.82 Å². The number of pyridine rings is 1. The summed E-state index contributed by atoms with van der Waals surface area (Å²) in [5.41, 5.74) is 4.01. The lowest BCUT2D eigenvalue weighted by Gasteiger charge is -2.08. The summed E-state index contributed by atoms with van der Waals surface area (Å²) in [6.45, 7) is 5.52. The van der Waals surface area contributed by atoms with E-state index in [1.807, 2.05) is 47.7 Å². The summed E-state index contributed by atoms with van der Waals surface area (Å²) in [7, 11) is 0. The minimum atomic E-state index is -0.226. The minimum absolute atomic E-state index is 0.226. The first kappa shape index (κ1) is 15.0. The van der Waals surface area contributed by atoms with Gasteiger partial charge in [0.25, 0.3) is 0 Å². The molecule has 0 saturated heterocycles. The van der Waals surface area contributed by atoms with Crippen LogP contribution >= 0.6 is 0 Å². The number of hydrogen-bond donors (Lipinski definition) is 1. The number of hydrogen-bond acceptors (Lipinski definition) is 2. The Morgan fingerprint density at radius 1 is 1.17 bits per heavy atom. The van der Waals surface area contributed by atoms with Crippen molar-refractivity contribution < 1.29 is 4.79 Å². The van der Waals surface area contributed by atoms with Crippen molar-refractivity contribution in [1.82, 2.24) is 9.38 Å². The zero-order valence-corrected chi connectivity index (χ0v) is 13.1. The van der Waals surface area contributed by atoms with Gasteiger partial charge in [0.1, 0.15) is 11.5 Å². The van der Waals surface area contributed by atoms with Crippen molar-refractivity contribution in [3.05, 3.63) is 78.1 Å². The highest BCUT2D eigenvalue weighted by atomic mass is 16.1. The van der Waals surface area contributed by atoms with E-state index < -0.39 is 0 Å². The molecule has 1 N–H and O–H groups in total. The number of fused-ring (bicyclic) bond motifs is 1. The van der Waals surface area contributed by atoms with Crippen molar-refractivity contribution in [2.75, 3.05) is 5.32 Å². The molecule has 0 fully saturated rings. The van der Waals surface area contributed by atoms with E-state index >= 15 is 0 Å². The second-order valence-electron chi connectivity index (χ2n) is 5.45. The number of anilines is 1. The number of carbonyl (C=O) groups is 1. The molecule has 1 amide bonds. The van der Waals surface area contributed by atoms with E-state index in [1.165, 1.54) is 11.6 Å². The Bertz CT molecular complexity index is 850. The van der Waals surface area contributed by atoms with Gasteiger partial charge in [0.15, 0.2) is 0 Å². The zero-order valence-electron chi connectivity index (χ0n) is 13.1. The minimum Gasteiger partial charge on any atom is -0.307 e. The Kier molecular flexibility index (Phi) is 4.24. The third-order valence-corrected chi connectivity index (χ3v) is 3.83. The van der Waals surface area contributed by atoms with Crippen molar-refractivity contribution in [2.45, 2.75) is 19.8 Å². The van der Waals surface area contributed by atoms with Gasteiger partial charge in [-0.05, 0) is 43.5 Å². The lowest BCUT2D eigenvalue weighted by atomic mass is 10.1. The van der Waals surface area contributed by atoms with Crippen LogP contribution in [0.5, 0.6) is 0 Å². The average Bonchev–Trinajstić information content (AvgIpc) is 2.92. The second kappa shape index (κ2) is 6.48. The van der Waals surface area contributed by atoms with Crippen LogP contribution in [0.3, 0.4) is 0 Å². The van der Waals surface area contributed by atoms with Crippen LogP contribution in [0.25, 0.3) is 5.65 Å². The maximum atomic E-state index is 11.8. The molecule has 0 bridgehead atoms. The van der Waals surface area contributed by atoms with Crippen molar-refractivity contribution in [3.63, 3.8) is 0 Å². The fourth-order valence-corrected chi connectivity index (χ4v) is 2.68. The Hall–Kier alpha value is -2.88. The molecule has 23 heavy (non-hydrogen) atoms. The van der Waals surface area contributed by atoms with Gasteiger partial charge >= 0.3 is 0 Å². The van der Waals surface area contributed by atoms with Gasteiger partial charge in [-0.15, -0.1) is 0 Å². The summed E-state index contributed by atoms with van der Waals surface area (Å²) in [6.07, 6.45) is 2.91. The molecule has 0 aliphatic rings. The highest BCUT2D eigenvalue weighted by Crippen LogP contribution is 2.22. The number of aromatic nitrogens is 2. The Morgan fingerprint density at radius 2 is 1.96 bits per heavy atom. The molecule has 0 aliphatic carbocycles. The molecule has 0 saturated carbocycles. The van der Waals surface area contributed by atoms with Crippen LogP contribution < -0.4 is 5.32 Å². The van der Waals surface area contributed by atoms with Crippen molar-refractivity contribution in [1.29, 1.82) is 0 Å². The van der Waals surface area contributed by atoms with E-state index in [0.29, 0.717) is 0 Å². The molecule has 0 aliphatic heterocycles. The summed E-state index contributed by atoms with van der Waals surface area (Å²) in [5, 5.41) is 2.90. The van der Waals surface area contributed by atoms with Crippen LogP contribution in [-0.2, 0) is 17.6 Å². The highest BCUT2D eigenvalue weighted by molar-refractivity contribution is 5.99. The van der Waals surface area contributed by atoms with Gasteiger partial charge in [0.2, 0.25) is 5.91 Å². The number of imidazole rings is 1. The largest absolute Gasteiger partial charge is 0.307 e. The molecule has 0 spiro atoms. The predicted octanol–water partition coefficient (Wildman–Crippen LogP) is 3.55. The summed E-state index contributed by atoms with van der Waals surface area (Å²) in [6, 6.07) is 16.2. The number of nitrogens with zero attached hydrogens (tertiary/aromatic N) is 2. The third kappa shape index (κ3) is 3.16. The van der Waals surface area contributed by atoms with E-state index in [9.17, 15) is 4.79 Å². The van der Waals surface area contributed by atoms with E-state index in [2.05, 4.69) is 29.0 Å². The molecule has 0 radical (unpaired) electrons. The van der Waals surface area contributed by atoms with Crippen molar-refractivity contribution >= 4 is 17.4 Å². The third-order valence-electron chi connectivity index (χ3n) is 3.83. The first-order chi connectivity index (χ1) is 11.2.